The maximum Gasteiger partial charge on any atom is 0.338 e. The molecule has 4 rings (SSSR count). The van der Waals surface area contributed by atoms with Crippen molar-refractivity contribution in [2.75, 3.05) is 13.2 Å². The van der Waals surface area contributed by atoms with Crippen LogP contribution in [-0.2, 0) is 25.6 Å². The van der Waals surface area contributed by atoms with Crippen LogP contribution in [0.2, 0.25) is 0 Å². The molecule has 40 heavy (non-hydrogen) atoms. The SMILES string of the molecule is O=C(OCc1cc(O)ccc1O[C@@H]1O[C@H](CO)[C@@H](O)[C@H](O[C@@H]2O[C@H](CO)[C@@H](O)[C@H](O)[C@H]2O)[C@H]1O)c1ccccc1. The third kappa shape index (κ3) is 6.53. The maximum atomic E-state index is 12.4. The number of esters is 1. The first-order chi connectivity index (χ1) is 19.1. The molecule has 2 aromatic rings. The van der Waals surface area contributed by atoms with E-state index in [2.05, 4.69) is 0 Å². The second-order valence-corrected chi connectivity index (χ2v) is 9.36. The van der Waals surface area contributed by atoms with Gasteiger partial charge in [-0.05, 0) is 30.3 Å². The Labute approximate surface area is 228 Å². The molecule has 0 aromatic heterocycles. The van der Waals surface area contributed by atoms with Crippen molar-refractivity contribution >= 4 is 5.97 Å². The molecule has 0 aliphatic carbocycles. The third-order valence-corrected chi connectivity index (χ3v) is 6.62. The van der Waals surface area contributed by atoms with E-state index in [1.807, 2.05) is 0 Å². The van der Waals surface area contributed by atoms with Gasteiger partial charge >= 0.3 is 5.97 Å². The average molecular weight is 569 g/mol. The van der Waals surface area contributed by atoms with E-state index in [4.69, 9.17) is 23.7 Å². The second kappa shape index (κ2) is 13.2. The number of carbonyl (C=O) groups excluding carboxylic acids is 1. The molecular weight excluding hydrogens is 536 g/mol. The maximum absolute atomic E-state index is 12.4. The Morgan fingerprint density at radius 1 is 0.775 bits per heavy atom. The number of hydrogen-bond acceptors (Lipinski definition) is 14. The van der Waals surface area contributed by atoms with Gasteiger partial charge in [-0.15, -0.1) is 0 Å². The van der Waals surface area contributed by atoms with Crippen LogP contribution in [0.3, 0.4) is 0 Å². The van der Waals surface area contributed by atoms with Gasteiger partial charge in [0, 0.05) is 5.56 Å². The Morgan fingerprint density at radius 2 is 1.43 bits per heavy atom. The Bertz CT molecular complexity index is 1110. The van der Waals surface area contributed by atoms with Gasteiger partial charge in [-0.3, -0.25) is 0 Å². The summed E-state index contributed by atoms with van der Waals surface area (Å²) in [4.78, 5) is 12.4. The van der Waals surface area contributed by atoms with E-state index in [0.717, 1.165) is 0 Å². The quantitative estimate of drug-likeness (QED) is 0.150. The summed E-state index contributed by atoms with van der Waals surface area (Å²) in [6, 6.07) is 12.0. The van der Waals surface area contributed by atoms with Gasteiger partial charge in [0.25, 0.3) is 0 Å². The van der Waals surface area contributed by atoms with Gasteiger partial charge in [0.1, 0.15) is 66.9 Å². The number of hydrogen-bond donors (Lipinski definition) is 8. The molecule has 0 amide bonds. The molecule has 2 fully saturated rings. The van der Waals surface area contributed by atoms with Crippen molar-refractivity contribution in [3.8, 4) is 11.5 Å². The van der Waals surface area contributed by atoms with Crippen LogP contribution in [0.5, 0.6) is 11.5 Å². The molecule has 2 heterocycles. The van der Waals surface area contributed by atoms with E-state index in [-0.39, 0.29) is 23.7 Å². The highest BCUT2D eigenvalue weighted by Crippen LogP contribution is 2.32. The molecule has 14 heteroatoms. The summed E-state index contributed by atoms with van der Waals surface area (Å²) < 4.78 is 27.5. The van der Waals surface area contributed by atoms with Crippen molar-refractivity contribution in [1.82, 2.24) is 0 Å². The predicted octanol–water partition coefficient (Wildman–Crippen LogP) is -2.25. The van der Waals surface area contributed by atoms with Gasteiger partial charge in [-0.1, -0.05) is 18.2 Å². The van der Waals surface area contributed by atoms with Gasteiger partial charge in [-0.25, -0.2) is 4.79 Å². The molecule has 14 nitrogen and oxygen atoms in total. The van der Waals surface area contributed by atoms with Crippen LogP contribution in [0.4, 0.5) is 0 Å². The van der Waals surface area contributed by atoms with Crippen molar-refractivity contribution in [3.05, 3.63) is 59.7 Å². The van der Waals surface area contributed by atoms with Gasteiger partial charge < -0.3 is 64.5 Å². The van der Waals surface area contributed by atoms with Crippen LogP contribution in [0, 0.1) is 0 Å². The topological polar surface area (TPSA) is 225 Å². The molecule has 0 radical (unpaired) electrons. The fourth-order valence-corrected chi connectivity index (χ4v) is 4.37. The highest BCUT2D eigenvalue weighted by Gasteiger charge is 2.51. The van der Waals surface area contributed by atoms with Crippen LogP contribution in [-0.4, -0.2) is 121 Å². The zero-order valence-corrected chi connectivity index (χ0v) is 21.0. The summed E-state index contributed by atoms with van der Waals surface area (Å²) >= 11 is 0. The number of ether oxygens (including phenoxy) is 5. The lowest BCUT2D eigenvalue weighted by Gasteiger charge is -2.45. The number of carbonyl (C=O) groups is 1. The molecule has 2 saturated heterocycles. The zero-order valence-electron chi connectivity index (χ0n) is 21.0. The molecule has 2 aliphatic rings. The van der Waals surface area contributed by atoms with Crippen molar-refractivity contribution in [2.24, 2.45) is 0 Å². The fourth-order valence-electron chi connectivity index (χ4n) is 4.37. The van der Waals surface area contributed by atoms with Gasteiger partial charge in [0.15, 0.2) is 6.29 Å². The van der Waals surface area contributed by atoms with Crippen LogP contribution in [0.1, 0.15) is 15.9 Å². The Balaban J connectivity index is 1.51. The molecule has 2 aliphatic heterocycles. The van der Waals surface area contributed by atoms with Crippen molar-refractivity contribution in [1.29, 1.82) is 0 Å². The minimum atomic E-state index is -1.82. The zero-order chi connectivity index (χ0) is 29.0. The number of rotatable bonds is 9. The van der Waals surface area contributed by atoms with Crippen LogP contribution in [0.15, 0.2) is 48.5 Å². The summed E-state index contributed by atoms with van der Waals surface area (Å²) in [6.07, 6.45) is -16.3. The van der Waals surface area contributed by atoms with Gasteiger partial charge in [0.05, 0.1) is 18.8 Å². The summed E-state index contributed by atoms with van der Waals surface area (Å²) in [7, 11) is 0. The van der Waals surface area contributed by atoms with E-state index in [0.29, 0.717) is 5.56 Å². The Kier molecular flexibility index (Phi) is 9.91. The third-order valence-electron chi connectivity index (χ3n) is 6.62. The first kappa shape index (κ1) is 30.1. The van der Waals surface area contributed by atoms with E-state index < -0.39 is 80.6 Å². The van der Waals surface area contributed by atoms with Gasteiger partial charge in [0.2, 0.25) is 6.29 Å². The number of phenols is 1. The molecule has 0 unspecified atom stereocenters. The van der Waals surface area contributed by atoms with Crippen LogP contribution >= 0.6 is 0 Å². The van der Waals surface area contributed by atoms with E-state index >= 15 is 0 Å². The lowest BCUT2D eigenvalue weighted by atomic mass is 9.97. The van der Waals surface area contributed by atoms with E-state index in [1.165, 1.54) is 18.2 Å². The molecule has 0 bridgehead atoms. The summed E-state index contributed by atoms with van der Waals surface area (Å²) in [5.41, 5.74) is 0.488. The van der Waals surface area contributed by atoms with Crippen LogP contribution in [0.25, 0.3) is 0 Å². The lowest BCUT2D eigenvalue weighted by molar-refractivity contribution is -0.352. The summed E-state index contributed by atoms with van der Waals surface area (Å²) in [5, 5.41) is 81.2. The summed E-state index contributed by atoms with van der Waals surface area (Å²) in [6.45, 7) is -1.80. The van der Waals surface area contributed by atoms with Crippen molar-refractivity contribution in [2.45, 2.75) is 68.0 Å². The monoisotopic (exact) mass is 568 g/mol. The molecule has 220 valence electrons. The number of phenolic OH excluding ortho intramolecular Hbond substituents is 1. The molecule has 10 atom stereocenters. The lowest BCUT2D eigenvalue weighted by Crippen LogP contribution is -2.65. The first-order valence-electron chi connectivity index (χ1n) is 12.4. The minimum absolute atomic E-state index is 0.0161. The molecule has 0 saturated carbocycles. The molecule has 2 aromatic carbocycles. The Hall–Kier alpha value is -2.89. The van der Waals surface area contributed by atoms with Crippen molar-refractivity contribution in [3.63, 3.8) is 0 Å². The standard InChI is InChI=1S/C26H32O14/c27-9-16-18(30)20(32)21(33)25(38-16)40-23-19(31)17(10-28)39-26(22(23)34)37-15-7-6-14(29)8-13(15)11-36-24(35)12-4-2-1-3-5-12/h1-8,16-23,25-34H,9-11H2/t16-,17-,18-,19-,20+,21-,22-,23+,25+,26-/m1/s1. The number of aliphatic hydroxyl groups excluding tert-OH is 7. The van der Waals surface area contributed by atoms with E-state index in [1.54, 1.807) is 30.3 Å². The molecular formula is C26H32O14. The second-order valence-electron chi connectivity index (χ2n) is 9.36. The summed E-state index contributed by atoms with van der Waals surface area (Å²) in [5.74, 6) is -0.793. The van der Waals surface area contributed by atoms with Gasteiger partial charge in [-0.2, -0.15) is 0 Å². The number of benzene rings is 2. The minimum Gasteiger partial charge on any atom is -0.508 e. The smallest absolute Gasteiger partial charge is 0.338 e. The predicted molar refractivity (Wildman–Crippen MR) is 131 cm³/mol. The molecule has 8 N–H and O–H groups in total. The first-order valence-corrected chi connectivity index (χ1v) is 12.4. The highest BCUT2D eigenvalue weighted by atomic mass is 16.7. The van der Waals surface area contributed by atoms with Crippen molar-refractivity contribution < 1.29 is 69.3 Å². The van der Waals surface area contributed by atoms with Crippen LogP contribution < -0.4 is 4.74 Å². The number of aromatic hydroxyl groups is 1. The highest BCUT2D eigenvalue weighted by molar-refractivity contribution is 5.89. The Morgan fingerprint density at radius 3 is 2.10 bits per heavy atom. The number of aliphatic hydroxyl groups is 7. The average Bonchev–Trinajstić information content (AvgIpc) is 2.96. The van der Waals surface area contributed by atoms with E-state index in [9.17, 15) is 45.6 Å². The normalized spacial score (nSPS) is 34.3. The largest absolute Gasteiger partial charge is 0.508 e. The fraction of sp³-hybridized carbons (Fsp3) is 0.500. The molecule has 0 spiro atoms.